The number of carbonyl (C=O) groups excluding carboxylic acids is 2. The van der Waals surface area contributed by atoms with Crippen LogP contribution in [-0.4, -0.2) is 39.4 Å². The lowest BCUT2D eigenvalue weighted by Crippen LogP contribution is -2.34. The second-order valence-electron chi connectivity index (χ2n) is 7.42. The molecule has 0 spiro atoms. The molecule has 1 aromatic carbocycles. The molecule has 1 heterocycles. The van der Waals surface area contributed by atoms with Crippen molar-refractivity contribution >= 4 is 11.9 Å². The van der Waals surface area contributed by atoms with Crippen molar-refractivity contribution in [2.24, 2.45) is 5.92 Å². The van der Waals surface area contributed by atoms with Gasteiger partial charge in [-0.15, -0.1) is 0 Å². The smallest absolute Gasteiger partial charge is 0.336 e. The number of allylic oxidation sites excluding steroid dienone is 2. The Morgan fingerprint density at radius 3 is 1.84 bits per heavy atom. The zero-order valence-electron chi connectivity index (χ0n) is 19.3. The third-order valence-corrected chi connectivity index (χ3v) is 5.08. The number of esters is 2. The second kappa shape index (κ2) is 11.4. The average molecular weight is 432 g/mol. The van der Waals surface area contributed by atoms with Crippen LogP contribution in [0.5, 0.6) is 11.5 Å². The third-order valence-electron chi connectivity index (χ3n) is 5.08. The number of rotatable bonds is 10. The molecule has 0 amide bonds. The van der Waals surface area contributed by atoms with Gasteiger partial charge in [0.25, 0.3) is 0 Å². The SMILES string of the molecule is CCCOC(=O)C1=C(C)NC(C)=C(C(=O)OCCC)C1Cc1ccc(OC)c(OC)c1. The van der Waals surface area contributed by atoms with Crippen LogP contribution in [0.3, 0.4) is 0 Å². The van der Waals surface area contributed by atoms with E-state index in [2.05, 4.69) is 5.32 Å². The summed E-state index contributed by atoms with van der Waals surface area (Å²) in [7, 11) is 3.15. The van der Waals surface area contributed by atoms with Crippen LogP contribution in [0, 0.1) is 5.92 Å². The van der Waals surface area contributed by atoms with Crippen LogP contribution in [0.15, 0.2) is 40.7 Å². The van der Waals surface area contributed by atoms with E-state index in [1.54, 1.807) is 14.2 Å². The molecule has 0 fully saturated rings. The molecule has 0 aromatic heterocycles. The Bertz CT molecular complexity index is 829. The minimum atomic E-state index is -0.506. The van der Waals surface area contributed by atoms with Crippen molar-refractivity contribution in [3.63, 3.8) is 0 Å². The summed E-state index contributed by atoms with van der Waals surface area (Å²) in [5, 5.41) is 3.16. The Morgan fingerprint density at radius 2 is 1.39 bits per heavy atom. The number of dihydropyridines is 1. The van der Waals surface area contributed by atoms with Gasteiger partial charge >= 0.3 is 11.9 Å². The van der Waals surface area contributed by atoms with Gasteiger partial charge in [0.05, 0.1) is 38.6 Å². The molecule has 2 rings (SSSR count). The molecule has 0 saturated carbocycles. The normalized spacial score (nSPS) is 14.3. The quantitative estimate of drug-likeness (QED) is 0.562. The van der Waals surface area contributed by atoms with E-state index in [-0.39, 0.29) is 0 Å². The van der Waals surface area contributed by atoms with Gasteiger partial charge in [-0.05, 0) is 50.8 Å². The fourth-order valence-electron chi connectivity index (χ4n) is 3.67. The second-order valence-corrected chi connectivity index (χ2v) is 7.42. The Labute approximate surface area is 184 Å². The van der Waals surface area contributed by atoms with Crippen molar-refractivity contribution in [2.45, 2.75) is 47.0 Å². The summed E-state index contributed by atoms with van der Waals surface area (Å²) in [6.07, 6.45) is 1.84. The van der Waals surface area contributed by atoms with Gasteiger partial charge in [-0.3, -0.25) is 0 Å². The first-order valence-electron chi connectivity index (χ1n) is 10.6. The van der Waals surface area contributed by atoms with E-state index in [9.17, 15) is 9.59 Å². The van der Waals surface area contributed by atoms with Crippen molar-refractivity contribution in [3.05, 3.63) is 46.3 Å². The van der Waals surface area contributed by atoms with Crippen LogP contribution in [0.4, 0.5) is 0 Å². The van der Waals surface area contributed by atoms with Gasteiger partial charge < -0.3 is 24.3 Å². The van der Waals surface area contributed by atoms with Gasteiger partial charge in [0.2, 0.25) is 0 Å². The number of hydrogen-bond acceptors (Lipinski definition) is 7. The molecular formula is C24H33NO6. The highest BCUT2D eigenvalue weighted by Gasteiger charge is 2.37. The Hall–Kier alpha value is -2.96. The van der Waals surface area contributed by atoms with E-state index in [0.29, 0.717) is 66.5 Å². The van der Waals surface area contributed by atoms with Crippen molar-refractivity contribution in [1.29, 1.82) is 0 Å². The van der Waals surface area contributed by atoms with Crippen molar-refractivity contribution in [3.8, 4) is 11.5 Å². The van der Waals surface area contributed by atoms with Crippen LogP contribution >= 0.6 is 0 Å². The monoisotopic (exact) mass is 431 g/mol. The third kappa shape index (κ3) is 5.81. The lowest BCUT2D eigenvalue weighted by Gasteiger charge is -2.30. The lowest BCUT2D eigenvalue weighted by atomic mass is 9.81. The fourth-order valence-corrected chi connectivity index (χ4v) is 3.67. The summed E-state index contributed by atoms with van der Waals surface area (Å²) < 4.78 is 21.6. The summed E-state index contributed by atoms with van der Waals surface area (Å²) in [6.45, 7) is 8.15. The van der Waals surface area contributed by atoms with E-state index in [0.717, 1.165) is 5.56 Å². The van der Waals surface area contributed by atoms with Gasteiger partial charge in [-0.25, -0.2) is 9.59 Å². The Balaban J connectivity index is 2.49. The molecule has 0 radical (unpaired) electrons. The number of ether oxygens (including phenoxy) is 4. The summed E-state index contributed by atoms with van der Waals surface area (Å²) in [6, 6.07) is 5.57. The van der Waals surface area contributed by atoms with Crippen LogP contribution in [-0.2, 0) is 25.5 Å². The first kappa shape index (κ1) is 24.3. The highest BCUT2D eigenvalue weighted by molar-refractivity contribution is 5.97. The molecule has 0 saturated heterocycles. The summed E-state index contributed by atoms with van der Waals surface area (Å²) >= 11 is 0. The molecule has 0 atom stereocenters. The zero-order valence-corrected chi connectivity index (χ0v) is 19.3. The van der Waals surface area contributed by atoms with Gasteiger partial charge in [0, 0.05) is 17.3 Å². The minimum Gasteiger partial charge on any atom is -0.493 e. The lowest BCUT2D eigenvalue weighted by molar-refractivity contribution is -0.140. The summed E-state index contributed by atoms with van der Waals surface area (Å²) in [4.78, 5) is 25.9. The summed E-state index contributed by atoms with van der Waals surface area (Å²) in [5.41, 5.74) is 3.13. The first-order chi connectivity index (χ1) is 14.9. The molecule has 7 nitrogen and oxygen atoms in total. The number of hydrogen-bond donors (Lipinski definition) is 1. The topological polar surface area (TPSA) is 83.1 Å². The number of carbonyl (C=O) groups is 2. The van der Waals surface area contributed by atoms with Gasteiger partial charge in [-0.1, -0.05) is 19.9 Å². The Kier molecular flexibility index (Phi) is 8.97. The predicted molar refractivity (Wildman–Crippen MR) is 118 cm³/mol. The first-order valence-corrected chi connectivity index (χ1v) is 10.6. The minimum absolute atomic E-state index is 0.316. The molecule has 1 aromatic rings. The molecule has 0 bridgehead atoms. The molecule has 7 heteroatoms. The van der Waals surface area contributed by atoms with E-state index in [1.807, 2.05) is 45.9 Å². The van der Waals surface area contributed by atoms with Crippen molar-refractivity contribution in [1.82, 2.24) is 5.32 Å². The maximum atomic E-state index is 12.9. The van der Waals surface area contributed by atoms with Crippen LogP contribution in [0.2, 0.25) is 0 Å². The molecule has 1 aliphatic rings. The standard InChI is InChI=1S/C24H33NO6/c1-7-11-30-23(26)21-15(3)25-16(4)22(24(27)31-12-8-2)18(21)13-17-9-10-19(28-5)20(14-17)29-6/h9-10,14,18,25H,7-8,11-13H2,1-6H3. The van der Waals surface area contributed by atoms with Crippen molar-refractivity contribution < 1.29 is 28.5 Å². The maximum Gasteiger partial charge on any atom is 0.336 e. The van der Waals surface area contributed by atoms with Crippen LogP contribution < -0.4 is 14.8 Å². The summed E-state index contributed by atoms with van der Waals surface area (Å²) in [5.74, 6) is -0.162. The molecule has 0 unspecified atom stereocenters. The fraction of sp³-hybridized carbons (Fsp3) is 0.500. The Morgan fingerprint density at radius 1 is 0.871 bits per heavy atom. The molecule has 1 aliphatic heterocycles. The largest absolute Gasteiger partial charge is 0.493 e. The number of benzene rings is 1. The van der Waals surface area contributed by atoms with E-state index < -0.39 is 17.9 Å². The van der Waals surface area contributed by atoms with Crippen LogP contribution in [0.25, 0.3) is 0 Å². The zero-order chi connectivity index (χ0) is 23.0. The highest BCUT2D eigenvalue weighted by Crippen LogP contribution is 2.36. The van der Waals surface area contributed by atoms with E-state index in [1.165, 1.54) is 0 Å². The highest BCUT2D eigenvalue weighted by atomic mass is 16.5. The molecule has 0 aliphatic carbocycles. The van der Waals surface area contributed by atoms with Crippen molar-refractivity contribution in [2.75, 3.05) is 27.4 Å². The number of nitrogens with one attached hydrogen (secondary N) is 1. The molecular weight excluding hydrogens is 398 g/mol. The van der Waals surface area contributed by atoms with Gasteiger partial charge in [0.1, 0.15) is 0 Å². The van der Waals surface area contributed by atoms with Gasteiger partial charge in [-0.2, -0.15) is 0 Å². The maximum absolute atomic E-state index is 12.9. The van der Waals surface area contributed by atoms with E-state index >= 15 is 0 Å². The molecule has 1 N–H and O–H groups in total. The average Bonchev–Trinajstić information content (AvgIpc) is 2.75. The van der Waals surface area contributed by atoms with Crippen LogP contribution in [0.1, 0.15) is 46.1 Å². The molecule has 170 valence electrons. The van der Waals surface area contributed by atoms with Gasteiger partial charge in [0.15, 0.2) is 11.5 Å². The molecule has 31 heavy (non-hydrogen) atoms. The predicted octanol–water partition coefficient (Wildman–Crippen LogP) is 3.92. The van der Waals surface area contributed by atoms with E-state index in [4.69, 9.17) is 18.9 Å². The number of methoxy groups -OCH3 is 2.